The summed E-state index contributed by atoms with van der Waals surface area (Å²) in [7, 11) is 0. The standard InChI is InChI=1S/C15H21FN4O3S/c1-11(12-7-9-13(16)10-8-12)17-19-20(24)15(22)6-4-2-3-5-14(21)18-23/h7-10,19,23-24H,2-6H2,1H3,(H,18,21)/b17-11+. The minimum atomic E-state index is -0.440. The molecule has 1 aromatic rings. The number of halogens is 1. The number of hydrazone groups is 1. The van der Waals surface area contributed by atoms with E-state index in [0.29, 0.717) is 25.0 Å². The maximum absolute atomic E-state index is 12.9. The molecule has 24 heavy (non-hydrogen) atoms. The summed E-state index contributed by atoms with van der Waals surface area (Å²) in [5, 5.41) is 12.4. The van der Waals surface area contributed by atoms with Gasteiger partial charge in [-0.2, -0.15) is 9.52 Å². The zero-order valence-electron chi connectivity index (χ0n) is 13.3. The van der Waals surface area contributed by atoms with E-state index in [1.165, 1.54) is 12.1 Å². The fourth-order valence-corrected chi connectivity index (χ4v) is 1.98. The van der Waals surface area contributed by atoms with Gasteiger partial charge in [-0.25, -0.2) is 15.4 Å². The molecule has 132 valence electrons. The van der Waals surface area contributed by atoms with Gasteiger partial charge in [-0.3, -0.25) is 14.8 Å². The lowest BCUT2D eigenvalue weighted by atomic mass is 10.1. The molecule has 0 atom stereocenters. The zero-order chi connectivity index (χ0) is 17.9. The van der Waals surface area contributed by atoms with Crippen molar-refractivity contribution in [1.29, 1.82) is 0 Å². The van der Waals surface area contributed by atoms with Gasteiger partial charge in [0, 0.05) is 12.8 Å². The molecule has 0 aliphatic heterocycles. The van der Waals surface area contributed by atoms with Crippen LogP contribution >= 0.6 is 12.8 Å². The molecule has 7 nitrogen and oxygen atoms in total. The first-order valence-corrected chi connectivity index (χ1v) is 7.84. The molecular weight excluding hydrogens is 335 g/mol. The Morgan fingerprint density at radius 3 is 2.46 bits per heavy atom. The van der Waals surface area contributed by atoms with Gasteiger partial charge in [0.05, 0.1) is 5.71 Å². The number of unbranched alkanes of at least 4 members (excludes halogenated alkanes) is 2. The third-order valence-corrected chi connectivity index (χ3v) is 3.54. The Morgan fingerprint density at radius 1 is 1.21 bits per heavy atom. The van der Waals surface area contributed by atoms with Crippen LogP contribution in [0.5, 0.6) is 0 Å². The fourth-order valence-electron chi connectivity index (χ4n) is 1.83. The highest BCUT2D eigenvalue weighted by molar-refractivity contribution is 7.78. The average Bonchev–Trinajstić information content (AvgIpc) is 2.59. The van der Waals surface area contributed by atoms with Crippen molar-refractivity contribution in [3.8, 4) is 0 Å². The summed E-state index contributed by atoms with van der Waals surface area (Å²) in [4.78, 5) is 22.6. The largest absolute Gasteiger partial charge is 0.289 e. The van der Waals surface area contributed by atoms with Crippen LogP contribution in [0.4, 0.5) is 4.39 Å². The van der Waals surface area contributed by atoms with Crippen LogP contribution in [0, 0.1) is 5.82 Å². The van der Waals surface area contributed by atoms with Crippen LogP contribution in [0.15, 0.2) is 29.4 Å². The molecule has 3 N–H and O–H groups in total. The number of hydroxylamine groups is 1. The lowest BCUT2D eigenvalue weighted by Crippen LogP contribution is -2.32. The van der Waals surface area contributed by atoms with Gasteiger partial charge in [0.15, 0.2) is 0 Å². The van der Waals surface area contributed by atoms with Crippen molar-refractivity contribution in [1.82, 2.24) is 15.4 Å². The maximum atomic E-state index is 12.9. The predicted molar refractivity (Wildman–Crippen MR) is 90.6 cm³/mol. The second-order valence-corrected chi connectivity index (χ2v) is 5.51. The van der Waals surface area contributed by atoms with Crippen molar-refractivity contribution in [2.45, 2.75) is 39.0 Å². The number of carbonyl (C=O) groups excluding carboxylic acids is 2. The molecule has 2 amide bonds. The van der Waals surface area contributed by atoms with Crippen LogP contribution in [0.2, 0.25) is 0 Å². The van der Waals surface area contributed by atoms with Crippen LogP contribution in [-0.4, -0.2) is 27.1 Å². The van der Waals surface area contributed by atoms with Crippen LogP contribution in [0.25, 0.3) is 0 Å². The fraction of sp³-hybridized carbons (Fsp3) is 0.400. The minimum Gasteiger partial charge on any atom is -0.289 e. The van der Waals surface area contributed by atoms with E-state index >= 15 is 0 Å². The molecule has 0 saturated carbocycles. The molecule has 0 aliphatic rings. The molecule has 1 aromatic carbocycles. The number of amides is 2. The number of hydrazine groups is 1. The Hall–Kier alpha value is -2.13. The predicted octanol–water partition coefficient (Wildman–Crippen LogP) is 2.18. The zero-order valence-corrected chi connectivity index (χ0v) is 14.2. The van der Waals surface area contributed by atoms with Crippen molar-refractivity contribution in [2.24, 2.45) is 5.10 Å². The first-order valence-electron chi connectivity index (χ1n) is 7.44. The van der Waals surface area contributed by atoms with Crippen molar-refractivity contribution in [3.05, 3.63) is 35.6 Å². The Labute approximate surface area is 145 Å². The number of carbonyl (C=O) groups is 2. The molecule has 0 aromatic heterocycles. The Bertz CT molecular complexity index is 581. The van der Waals surface area contributed by atoms with Gasteiger partial charge in [0.1, 0.15) is 5.82 Å². The first kappa shape index (κ1) is 19.9. The third kappa shape index (κ3) is 7.42. The van der Waals surface area contributed by atoms with E-state index in [2.05, 4.69) is 23.5 Å². The molecule has 0 fully saturated rings. The summed E-state index contributed by atoms with van der Waals surface area (Å²) in [5.41, 5.74) is 5.37. The van der Waals surface area contributed by atoms with Gasteiger partial charge < -0.3 is 0 Å². The van der Waals surface area contributed by atoms with Crippen LogP contribution in [0.1, 0.15) is 44.6 Å². The normalized spacial score (nSPS) is 11.1. The van der Waals surface area contributed by atoms with Gasteiger partial charge >= 0.3 is 0 Å². The molecule has 0 unspecified atom stereocenters. The Balaban J connectivity index is 2.32. The van der Waals surface area contributed by atoms with E-state index in [9.17, 15) is 14.0 Å². The topological polar surface area (TPSA) is 94.0 Å². The van der Waals surface area contributed by atoms with Crippen molar-refractivity contribution in [3.63, 3.8) is 0 Å². The number of benzene rings is 1. The van der Waals surface area contributed by atoms with E-state index in [1.54, 1.807) is 24.5 Å². The number of rotatable bonds is 9. The van der Waals surface area contributed by atoms with Crippen molar-refractivity contribution in [2.75, 3.05) is 0 Å². The summed E-state index contributed by atoms with van der Waals surface area (Å²) < 4.78 is 13.8. The third-order valence-electron chi connectivity index (χ3n) is 3.23. The van der Waals surface area contributed by atoms with E-state index < -0.39 is 5.91 Å². The molecule has 0 radical (unpaired) electrons. The molecule has 1 rings (SSSR count). The van der Waals surface area contributed by atoms with E-state index in [0.717, 1.165) is 9.98 Å². The Morgan fingerprint density at radius 2 is 1.83 bits per heavy atom. The monoisotopic (exact) mass is 356 g/mol. The maximum Gasteiger partial charge on any atom is 0.252 e. The number of hydrogen-bond acceptors (Lipinski definition) is 6. The average molecular weight is 356 g/mol. The molecule has 0 spiro atoms. The van der Waals surface area contributed by atoms with Crippen LogP contribution < -0.4 is 11.0 Å². The SMILES string of the molecule is C/C(=N\NN(S)C(=O)CCCCCC(=O)NO)c1ccc(F)cc1. The highest BCUT2D eigenvalue weighted by atomic mass is 32.1. The summed E-state index contributed by atoms with van der Waals surface area (Å²) in [5.74, 6) is -1.04. The van der Waals surface area contributed by atoms with E-state index in [1.807, 2.05) is 0 Å². The first-order chi connectivity index (χ1) is 11.4. The van der Waals surface area contributed by atoms with Crippen LogP contribution in [-0.2, 0) is 9.59 Å². The molecule has 0 saturated heterocycles. The number of thiol groups is 1. The quantitative estimate of drug-likeness (QED) is 0.179. The van der Waals surface area contributed by atoms with Gasteiger partial charge in [-0.1, -0.05) is 18.6 Å². The number of nitrogens with zero attached hydrogens (tertiary/aromatic N) is 2. The summed E-state index contributed by atoms with van der Waals surface area (Å²) in [6.07, 6.45) is 2.33. The lowest BCUT2D eigenvalue weighted by Gasteiger charge is -2.14. The molecule has 0 heterocycles. The second-order valence-electron chi connectivity index (χ2n) is 5.11. The summed E-state index contributed by atoms with van der Waals surface area (Å²) in [6.45, 7) is 1.72. The number of hydrogen-bond donors (Lipinski definition) is 4. The molecule has 0 bridgehead atoms. The molecule has 9 heteroatoms. The minimum absolute atomic E-state index is 0.217. The van der Waals surface area contributed by atoms with Crippen LogP contribution in [0.3, 0.4) is 0 Å². The van der Waals surface area contributed by atoms with Gasteiger partial charge in [0.25, 0.3) is 5.91 Å². The van der Waals surface area contributed by atoms with E-state index in [-0.39, 0.29) is 24.6 Å². The molecule has 0 aliphatic carbocycles. The summed E-state index contributed by atoms with van der Waals surface area (Å²) >= 11 is 4.01. The lowest BCUT2D eigenvalue weighted by molar-refractivity contribution is -0.129. The van der Waals surface area contributed by atoms with Crippen molar-refractivity contribution >= 4 is 30.3 Å². The van der Waals surface area contributed by atoms with Gasteiger partial charge in [-0.15, -0.1) is 0 Å². The summed E-state index contributed by atoms with van der Waals surface area (Å²) in [6, 6.07) is 5.83. The second kappa shape index (κ2) is 10.6. The Kier molecular flexibility index (Phi) is 8.80. The number of nitrogens with one attached hydrogen (secondary N) is 2. The highest BCUT2D eigenvalue weighted by Crippen LogP contribution is 2.07. The smallest absolute Gasteiger partial charge is 0.252 e. The van der Waals surface area contributed by atoms with E-state index in [4.69, 9.17) is 5.21 Å². The van der Waals surface area contributed by atoms with Gasteiger partial charge in [-0.05, 0) is 50.3 Å². The molecular formula is C15H21FN4O3S. The highest BCUT2D eigenvalue weighted by Gasteiger charge is 2.09. The van der Waals surface area contributed by atoms with Crippen molar-refractivity contribution < 1.29 is 19.2 Å². The van der Waals surface area contributed by atoms with Gasteiger partial charge in [0.2, 0.25) is 5.91 Å².